The van der Waals surface area contributed by atoms with Gasteiger partial charge in [-0.15, -0.1) is 0 Å². The van der Waals surface area contributed by atoms with Gasteiger partial charge in [-0.1, -0.05) is 24.3 Å². The minimum Gasteiger partial charge on any atom is -0.493 e. The van der Waals surface area contributed by atoms with Gasteiger partial charge in [-0.05, 0) is 48.9 Å². The van der Waals surface area contributed by atoms with Crippen molar-refractivity contribution in [2.75, 3.05) is 19.1 Å². The Hall–Kier alpha value is -4.13. The van der Waals surface area contributed by atoms with Crippen molar-refractivity contribution in [2.45, 2.75) is 6.92 Å². The van der Waals surface area contributed by atoms with E-state index in [4.69, 9.17) is 14.2 Å². The van der Waals surface area contributed by atoms with Crippen molar-refractivity contribution >= 4 is 23.5 Å². The highest BCUT2D eigenvalue weighted by Gasteiger charge is 2.38. The number of aryl methyl sites for hydroxylation is 1. The van der Waals surface area contributed by atoms with E-state index in [0.717, 1.165) is 10.5 Å². The number of rotatable bonds is 5. The fraction of sp³-hybridized carbons (Fsp3) is 0.125. The molecule has 3 aromatic rings. The van der Waals surface area contributed by atoms with Crippen LogP contribution in [0.5, 0.6) is 17.2 Å². The Morgan fingerprint density at radius 2 is 1.45 bits per heavy atom. The van der Waals surface area contributed by atoms with Crippen molar-refractivity contribution in [3.63, 3.8) is 0 Å². The highest BCUT2D eigenvalue weighted by molar-refractivity contribution is 6.34. The summed E-state index contributed by atoms with van der Waals surface area (Å²) in [7, 11) is 2.90. The third-order valence-corrected chi connectivity index (χ3v) is 5.06. The molecular formula is C24H19NO6. The molecule has 1 aliphatic heterocycles. The first-order valence-corrected chi connectivity index (χ1v) is 9.48. The van der Waals surface area contributed by atoms with Crippen LogP contribution in [0.1, 0.15) is 36.6 Å². The maximum Gasteiger partial charge on any atom is 0.343 e. The zero-order chi connectivity index (χ0) is 22.1. The fourth-order valence-electron chi connectivity index (χ4n) is 3.47. The summed E-state index contributed by atoms with van der Waals surface area (Å²) in [6, 6.07) is 16.4. The van der Waals surface area contributed by atoms with Crippen molar-refractivity contribution in [2.24, 2.45) is 0 Å². The van der Waals surface area contributed by atoms with Gasteiger partial charge in [-0.3, -0.25) is 9.59 Å². The van der Waals surface area contributed by atoms with E-state index < -0.39 is 17.8 Å². The topological polar surface area (TPSA) is 82.1 Å². The third kappa shape index (κ3) is 3.40. The summed E-state index contributed by atoms with van der Waals surface area (Å²) in [5, 5.41) is 0. The lowest BCUT2D eigenvalue weighted by Crippen LogP contribution is -2.29. The molecule has 156 valence electrons. The average molecular weight is 417 g/mol. The van der Waals surface area contributed by atoms with Crippen LogP contribution in [0.4, 0.5) is 5.69 Å². The number of anilines is 1. The summed E-state index contributed by atoms with van der Waals surface area (Å²) in [6.07, 6.45) is 0. The van der Waals surface area contributed by atoms with Gasteiger partial charge in [0.2, 0.25) is 5.75 Å². The Morgan fingerprint density at radius 1 is 0.806 bits per heavy atom. The summed E-state index contributed by atoms with van der Waals surface area (Å²) in [6.45, 7) is 1.82. The molecule has 0 radical (unpaired) electrons. The predicted octanol–water partition coefficient (Wildman–Crippen LogP) is 4.03. The van der Waals surface area contributed by atoms with Crippen LogP contribution in [-0.2, 0) is 0 Å². The van der Waals surface area contributed by atoms with Crippen LogP contribution in [0.15, 0.2) is 60.7 Å². The minimum absolute atomic E-state index is 0.125. The highest BCUT2D eigenvalue weighted by atomic mass is 16.6. The van der Waals surface area contributed by atoms with Crippen LogP contribution in [0.25, 0.3) is 0 Å². The number of ether oxygens (including phenoxy) is 3. The second kappa shape index (κ2) is 7.95. The Bertz CT molecular complexity index is 1190. The van der Waals surface area contributed by atoms with Gasteiger partial charge in [0.05, 0.1) is 36.6 Å². The van der Waals surface area contributed by atoms with Crippen LogP contribution < -0.4 is 19.1 Å². The molecule has 31 heavy (non-hydrogen) atoms. The number of para-hydroxylation sites is 2. The second-order valence-electron chi connectivity index (χ2n) is 6.87. The van der Waals surface area contributed by atoms with Crippen molar-refractivity contribution < 1.29 is 28.6 Å². The first-order chi connectivity index (χ1) is 15.0. The van der Waals surface area contributed by atoms with E-state index in [-0.39, 0.29) is 22.4 Å². The smallest absolute Gasteiger partial charge is 0.343 e. The molecule has 3 aromatic carbocycles. The van der Waals surface area contributed by atoms with Gasteiger partial charge in [0, 0.05) is 0 Å². The monoisotopic (exact) mass is 417 g/mol. The van der Waals surface area contributed by atoms with Gasteiger partial charge in [0.25, 0.3) is 11.8 Å². The largest absolute Gasteiger partial charge is 0.493 e. The minimum atomic E-state index is -0.708. The van der Waals surface area contributed by atoms with Crippen LogP contribution >= 0.6 is 0 Å². The molecule has 0 aromatic heterocycles. The third-order valence-electron chi connectivity index (χ3n) is 5.06. The molecule has 0 atom stereocenters. The number of hydrogen-bond acceptors (Lipinski definition) is 6. The first kappa shape index (κ1) is 20.2. The van der Waals surface area contributed by atoms with Crippen LogP contribution in [0, 0.1) is 6.92 Å². The molecule has 1 heterocycles. The standard InChI is InChI=1S/C24H19NO6/c1-14-7-4-5-8-18(14)25-22(26)16-12-11-15(13-17(16)23(25)27)24(28)31-21-19(29-2)9-6-10-20(21)30-3/h4-13H,1-3H3. The molecule has 0 fully saturated rings. The lowest BCUT2D eigenvalue weighted by Gasteiger charge is -2.16. The number of methoxy groups -OCH3 is 2. The van der Waals surface area contributed by atoms with E-state index in [0.29, 0.717) is 17.2 Å². The zero-order valence-electron chi connectivity index (χ0n) is 17.2. The van der Waals surface area contributed by atoms with E-state index in [2.05, 4.69) is 0 Å². The van der Waals surface area contributed by atoms with Gasteiger partial charge >= 0.3 is 5.97 Å². The summed E-state index contributed by atoms with van der Waals surface area (Å²) in [5.74, 6) is -0.849. The predicted molar refractivity (Wildman–Crippen MR) is 113 cm³/mol. The number of carbonyl (C=O) groups excluding carboxylic acids is 3. The number of esters is 1. The van der Waals surface area contributed by atoms with Crippen LogP contribution in [0.2, 0.25) is 0 Å². The molecule has 4 rings (SSSR count). The lowest BCUT2D eigenvalue weighted by molar-refractivity contribution is 0.0724. The Kier molecular flexibility index (Phi) is 5.17. The average Bonchev–Trinajstić information content (AvgIpc) is 3.03. The lowest BCUT2D eigenvalue weighted by atomic mass is 10.1. The molecule has 0 aliphatic carbocycles. The number of fused-ring (bicyclic) bond motifs is 1. The number of hydrogen-bond donors (Lipinski definition) is 0. The van der Waals surface area contributed by atoms with Crippen LogP contribution in [0.3, 0.4) is 0 Å². The van der Waals surface area contributed by atoms with Gasteiger partial charge in [-0.25, -0.2) is 9.69 Å². The van der Waals surface area contributed by atoms with E-state index in [1.165, 1.54) is 32.4 Å². The molecular weight excluding hydrogens is 398 g/mol. The van der Waals surface area contributed by atoms with Crippen molar-refractivity contribution in [1.82, 2.24) is 0 Å². The van der Waals surface area contributed by atoms with Gasteiger partial charge in [-0.2, -0.15) is 0 Å². The van der Waals surface area contributed by atoms with E-state index in [9.17, 15) is 14.4 Å². The normalized spacial score (nSPS) is 12.5. The molecule has 2 amide bonds. The zero-order valence-corrected chi connectivity index (χ0v) is 17.2. The second-order valence-corrected chi connectivity index (χ2v) is 6.87. The van der Waals surface area contributed by atoms with Gasteiger partial charge in [0.1, 0.15) is 0 Å². The van der Waals surface area contributed by atoms with E-state index >= 15 is 0 Å². The molecule has 0 unspecified atom stereocenters. The highest BCUT2D eigenvalue weighted by Crippen LogP contribution is 2.37. The Balaban J connectivity index is 1.67. The maximum atomic E-state index is 13.0. The van der Waals surface area contributed by atoms with E-state index in [1.54, 1.807) is 30.3 Å². The SMILES string of the molecule is COc1cccc(OC)c1OC(=O)c1ccc2c(c1)C(=O)N(c1ccccc1C)C2=O. The maximum absolute atomic E-state index is 13.0. The van der Waals surface area contributed by atoms with Crippen LogP contribution in [-0.4, -0.2) is 32.0 Å². The Labute approximate surface area is 178 Å². The summed E-state index contributed by atoms with van der Waals surface area (Å²) in [4.78, 5) is 39.8. The van der Waals surface area contributed by atoms with Gasteiger partial charge < -0.3 is 14.2 Å². The Morgan fingerprint density at radius 3 is 2.10 bits per heavy atom. The van der Waals surface area contributed by atoms with Crippen molar-refractivity contribution in [3.8, 4) is 17.2 Å². The molecule has 7 heteroatoms. The summed E-state index contributed by atoms with van der Waals surface area (Å²) < 4.78 is 16.0. The molecule has 7 nitrogen and oxygen atoms in total. The number of benzene rings is 3. The molecule has 0 saturated carbocycles. The quantitative estimate of drug-likeness (QED) is 0.354. The molecule has 1 aliphatic rings. The van der Waals surface area contributed by atoms with E-state index in [1.807, 2.05) is 19.1 Å². The fourth-order valence-corrected chi connectivity index (χ4v) is 3.47. The van der Waals surface area contributed by atoms with Gasteiger partial charge in [0.15, 0.2) is 11.5 Å². The summed E-state index contributed by atoms with van der Waals surface area (Å²) >= 11 is 0. The molecule has 0 N–H and O–H groups in total. The number of nitrogens with zero attached hydrogens (tertiary/aromatic N) is 1. The molecule has 0 saturated heterocycles. The molecule has 0 spiro atoms. The summed E-state index contributed by atoms with van der Waals surface area (Å²) in [5.41, 5.74) is 1.81. The number of amides is 2. The van der Waals surface area contributed by atoms with Crippen molar-refractivity contribution in [1.29, 1.82) is 0 Å². The first-order valence-electron chi connectivity index (χ1n) is 9.48. The number of imide groups is 1. The molecule has 0 bridgehead atoms. The van der Waals surface area contributed by atoms with Crippen molar-refractivity contribution in [3.05, 3.63) is 82.9 Å². The number of carbonyl (C=O) groups is 3.